The minimum atomic E-state index is -0.0371. The Labute approximate surface area is 108 Å². The maximum absolute atomic E-state index is 11.8. The molecule has 1 aromatic rings. The minimum absolute atomic E-state index is 0.0116. The van der Waals surface area contributed by atoms with Crippen molar-refractivity contribution in [1.29, 1.82) is 0 Å². The third kappa shape index (κ3) is 2.28. The average molecular weight is 300 g/mol. The molecule has 1 saturated heterocycles. The summed E-state index contributed by atoms with van der Waals surface area (Å²) in [7, 11) is 0. The molecule has 1 amide bonds. The Morgan fingerprint density at radius 2 is 2.41 bits per heavy atom. The number of pyridine rings is 1. The highest BCUT2D eigenvalue weighted by Gasteiger charge is 2.32. The van der Waals surface area contributed by atoms with Gasteiger partial charge in [0.1, 0.15) is 0 Å². The Morgan fingerprint density at radius 1 is 1.71 bits per heavy atom. The summed E-state index contributed by atoms with van der Waals surface area (Å²) in [5.41, 5.74) is 7.12. The molecule has 3 N–H and O–H groups in total. The predicted octanol–water partition coefficient (Wildman–Crippen LogP) is 1.08. The number of aliphatic hydroxyl groups is 1. The highest BCUT2D eigenvalue weighted by Crippen LogP contribution is 2.30. The number of hydrogen-bond acceptors (Lipinski definition) is 4. The second-order valence-electron chi connectivity index (χ2n) is 4.23. The molecular weight excluding hydrogens is 286 g/mol. The van der Waals surface area contributed by atoms with Crippen molar-refractivity contribution in [2.45, 2.75) is 13.3 Å². The standard InChI is InChI=1S/C11H14BrN3O2/c1-6-8(12)3-9(13)11(14-6)15-4-7(5-16)2-10(15)17/h3,7,16H,2,4-5,13H2,1H3. The van der Waals surface area contributed by atoms with Crippen molar-refractivity contribution in [3.63, 3.8) is 0 Å². The van der Waals surface area contributed by atoms with E-state index in [1.54, 1.807) is 11.0 Å². The quantitative estimate of drug-likeness (QED) is 0.856. The molecule has 0 radical (unpaired) electrons. The summed E-state index contributed by atoms with van der Waals surface area (Å²) in [6.07, 6.45) is 0.354. The fourth-order valence-electron chi connectivity index (χ4n) is 1.91. The van der Waals surface area contributed by atoms with Crippen molar-refractivity contribution in [2.24, 2.45) is 5.92 Å². The molecule has 0 bridgehead atoms. The lowest BCUT2D eigenvalue weighted by Gasteiger charge is -2.18. The van der Waals surface area contributed by atoms with Crippen LogP contribution in [-0.4, -0.2) is 29.1 Å². The van der Waals surface area contributed by atoms with Gasteiger partial charge in [0.2, 0.25) is 5.91 Å². The second kappa shape index (κ2) is 4.62. The number of aromatic nitrogens is 1. The highest BCUT2D eigenvalue weighted by atomic mass is 79.9. The topological polar surface area (TPSA) is 79.5 Å². The number of carbonyl (C=O) groups is 1. The summed E-state index contributed by atoms with van der Waals surface area (Å²) in [6.45, 7) is 2.34. The molecule has 0 spiro atoms. The minimum Gasteiger partial charge on any atom is -0.396 e. The lowest BCUT2D eigenvalue weighted by Crippen LogP contribution is -2.27. The fraction of sp³-hybridized carbons (Fsp3) is 0.455. The van der Waals surface area contributed by atoms with Crippen LogP contribution in [0.1, 0.15) is 12.1 Å². The van der Waals surface area contributed by atoms with Crippen LogP contribution in [0.5, 0.6) is 0 Å². The monoisotopic (exact) mass is 299 g/mol. The first-order chi connectivity index (χ1) is 8.02. The molecule has 1 aliphatic rings. The van der Waals surface area contributed by atoms with E-state index in [4.69, 9.17) is 10.8 Å². The number of nitrogen functional groups attached to an aromatic ring is 1. The second-order valence-corrected chi connectivity index (χ2v) is 5.08. The summed E-state index contributed by atoms with van der Waals surface area (Å²) in [5.74, 6) is 0.435. The molecule has 2 rings (SSSR count). The zero-order chi connectivity index (χ0) is 12.6. The van der Waals surface area contributed by atoms with Gasteiger partial charge in [-0.05, 0) is 28.9 Å². The Bertz CT molecular complexity index is 464. The van der Waals surface area contributed by atoms with Gasteiger partial charge in [0.05, 0.1) is 11.4 Å². The largest absolute Gasteiger partial charge is 0.396 e. The summed E-state index contributed by atoms with van der Waals surface area (Å²) >= 11 is 3.34. The SMILES string of the molecule is Cc1nc(N2CC(CO)CC2=O)c(N)cc1Br. The molecule has 92 valence electrons. The van der Waals surface area contributed by atoms with Gasteiger partial charge in [-0.15, -0.1) is 0 Å². The van der Waals surface area contributed by atoms with Gasteiger partial charge in [-0.1, -0.05) is 0 Å². The van der Waals surface area contributed by atoms with E-state index in [1.807, 2.05) is 6.92 Å². The van der Waals surface area contributed by atoms with E-state index in [0.29, 0.717) is 24.5 Å². The maximum atomic E-state index is 11.8. The van der Waals surface area contributed by atoms with E-state index in [-0.39, 0.29) is 18.4 Å². The first-order valence-electron chi connectivity index (χ1n) is 5.36. The maximum Gasteiger partial charge on any atom is 0.228 e. The molecule has 6 heteroatoms. The van der Waals surface area contributed by atoms with Gasteiger partial charge >= 0.3 is 0 Å². The van der Waals surface area contributed by atoms with Crippen molar-refractivity contribution >= 4 is 33.3 Å². The Balaban J connectivity index is 2.35. The lowest BCUT2D eigenvalue weighted by molar-refractivity contribution is -0.117. The number of anilines is 2. The van der Waals surface area contributed by atoms with E-state index in [9.17, 15) is 4.79 Å². The fourth-order valence-corrected chi connectivity index (χ4v) is 2.24. The third-order valence-corrected chi connectivity index (χ3v) is 3.68. The van der Waals surface area contributed by atoms with Crippen molar-refractivity contribution in [3.05, 3.63) is 16.2 Å². The first kappa shape index (κ1) is 12.3. The van der Waals surface area contributed by atoms with E-state index in [0.717, 1.165) is 10.2 Å². The molecule has 5 nitrogen and oxygen atoms in total. The molecule has 0 aromatic carbocycles. The number of nitrogens with two attached hydrogens (primary N) is 1. The van der Waals surface area contributed by atoms with E-state index >= 15 is 0 Å². The molecule has 1 aromatic heterocycles. The van der Waals surface area contributed by atoms with Gasteiger partial charge in [0.25, 0.3) is 0 Å². The van der Waals surface area contributed by atoms with Crippen LogP contribution in [-0.2, 0) is 4.79 Å². The molecule has 1 aliphatic heterocycles. The summed E-state index contributed by atoms with van der Waals surface area (Å²) in [5, 5.41) is 9.08. The van der Waals surface area contributed by atoms with E-state index < -0.39 is 0 Å². The van der Waals surface area contributed by atoms with Crippen molar-refractivity contribution in [1.82, 2.24) is 4.98 Å². The van der Waals surface area contributed by atoms with Gasteiger partial charge < -0.3 is 10.8 Å². The van der Waals surface area contributed by atoms with Crippen LogP contribution in [0.2, 0.25) is 0 Å². The zero-order valence-electron chi connectivity index (χ0n) is 9.48. The van der Waals surface area contributed by atoms with Crippen LogP contribution in [0.4, 0.5) is 11.5 Å². The molecule has 17 heavy (non-hydrogen) atoms. The predicted molar refractivity (Wildman–Crippen MR) is 68.6 cm³/mol. The molecular formula is C11H14BrN3O2. The molecule has 1 unspecified atom stereocenters. The van der Waals surface area contributed by atoms with Crippen molar-refractivity contribution in [3.8, 4) is 0 Å². The number of amides is 1. The Hall–Kier alpha value is -1.14. The Kier molecular flexibility index (Phi) is 3.35. The van der Waals surface area contributed by atoms with E-state index in [2.05, 4.69) is 20.9 Å². The zero-order valence-corrected chi connectivity index (χ0v) is 11.1. The molecule has 2 heterocycles. The average Bonchev–Trinajstić information content (AvgIpc) is 2.65. The summed E-state index contributed by atoms with van der Waals surface area (Å²) in [4.78, 5) is 17.7. The van der Waals surface area contributed by atoms with Gasteiger partial charge in [-0.2, -0.15) is 0 Å². The smallest absolute Gasteiger partial charge is 0.228 e. The number of nitrogens with zero attached hydrogens (tertiary/aromatic N) is 2. The van der Waals surface area contributed by atoms with Gasteiger partial charge in [0, 0.05) is 30.0 Å². The van der Waals surface area contributed by atoms with Crippen molar-refractivity contribution in [2.75, 3.05) is 23.8 Å². The van der Waals surface area contributed by atoms with Crippen LogP contribution >= 0.6 is 15.9 Å². The normalized spacial score (nSPS) is 20.1. The molecule has 0 aliphatic carbocycles. The molecule has 1 atom stereocenters. The van der Waals surface area contributed by atoms with Crippen LogP contribution in [0.15, 0.2) is 10.5 Å². The van der Waals surface area contributed by atoms with Crippen LogP contribution in [0.25, 0.3) is 0 Å². The third-order valence-electron chi connectivity index (χ3n) is 2.88. The first-order valence-corrected chi connectivity index (χ1v) is 6.16. The number of aliphatic hydroxyl groups excluding tert-OH is 1. The van der Waals surface area contributed by atoms with Crippen LogP contribution < -0.4 is 10.6 Å². The molecule has 0 saturated carbocycles. The lowest BCUT2D eigenvalue weighted by atomic mass is 10.1. The summed E-state index contributed by atoms with van der Waals surface area (Å²) < 4.78 is 0.823. The number of aryl methyl sites for hydroxylation is 1. The highest BCUT2D eigenvalue weighted by molar-refractivity contribution is 9.10. The molecule has 1 fully saturated rings. The Morgan fingerprint density at radius 3 is 3.00 bits per heavy atom. The number of halogens is 1. The van der Waals surface area contributed by atoms with Gasteiger partial charge in [-0.25, -0.2) is 4.98 Å². The summed E-state index contributed by atoms with van der Waals surface area (Å²) in [6, 6.07) is 1.75. The van der Waals surface area contributed by atoms with Gasteiger partial charge in [-0.3, -0.25) is 9.69 Å². The van der Waals surface area contributed by atoms with Crippen LogP contribution in [0.3, 0.4) is 0 Å². The number of carbonyl (C=O) groups excluding carboxylic acids is 1. The van der Waals surface area contributed by atoms with Gasteiger partial charge in [0.15, 0.2) is 5.82 Å². The van der Waals surface area contributed by atoms with E-state index in [1.165, 1.54) is 0 Å². The van der Waals surface area contributed by atoms with Crippen LogP contribution in [0, 0.1) is 12.8 Å². The number of rotatable bonds is 2. The van der Waals surface area contributed by atoms with Crippen molar-refractivity contribution < 1.29 is 9.90 Å². The number of hydrogen-bond donors (Lipinski definition) is 2.